The van der Waals surface area contributed by atoms with Crippen LogP contribution in [0.25, 0.3) is 0 Å². The Morgan fingerprint density at radius 3 is 2.44 bits per heavy atom. The molecular formula is C17H23N3O4S. The molecule has 0 unspecified atom stereocenters. The standard InChI is InChI=1S/C17H23N3O4S/c1-11(2)14-5-4-13(12(3)18-14)10-20-15(21)17(19-16(20)22)6-8-25(23,24)9-7-17/h4-5,11H,6-10H2,1-3H3,(H,19,22). The van der Waals surface area contributed by atoms with Gasteiger partial charge in [0.15, 0.2) is 9.84 Å². The Balaban J connectivity index is 1.80. The fourth-order valence-corrected chi connectivity index (χ4v) is 4.84. The molecule has 1 aromatic heterocycles. The van der Waals surface area contributed by atoms with Crippen molar-refractivity contribution in [3.05, 3.63) is 29.1 Å². The lowest BCUT2D eigenvalue weighted by Crippen LogP contribution is -2.52. The van der Waals surface area contributed by atoms with Gasteiger partial charge in [0.1, 0.15) is 5.54 Å². The van der Waals surface area contributed by atoms with Crippen molar-refractivity contribution >= 4 is 21.8 Å². The van der Waals surface area contributed by atoms with E-state index in [9.17, 15) is 18.0 Å². The zero-order chi connectivity index (χ0) is 18.4. The molecule has 8 heteroatoms. The summed E-state index contributed by atoms with van der Waals surface area (Å²) < 4.78 is 23.3. The molecule has 0 radical (unpaired) electrons. The van der Waals surface area contributed by atoms with Crippen LogP contribution >= 0.6 is 0 Å². The van der Waals surface area contributed by atoms with Gasteiger partial charge in [-0.1, -0.05) is 19.9 Å². The second-order valence-corrected chi connectivity index (χ2v) is 9.49. The van der Waals surface area contributed by atoms with Gasteiger partial charge in [0.2, 0.25) is 0 Å². The minimum Gasteiger partial charge on any atom is -0.323 e. The van der Waals surface area contributed by atoms with Crippen molar-refractivity contribution in [3.8, 4) is 0 Å². The molecule has 0 atom stereocenters. The topological polar surface area (TPSA) is 96.4 Å². The zero-order valence-corrected chi connectivity index (χ0v) is 15.5. The molecule has 3 heterocycles. The number of amides is 3. The highest BCUT2D eigenvalue weighted by molar-refractivity contribution is 7.91. The molecule has 0 bridgehead atoms. The van der Waals surface area contributed by atoms with Crippen LogP contribution in [-0.4, -0.2) is 47.3 Å². The van der Waals surface area contributed by atoms with Crippen LogP contribution in [0, 0.1) is 6.92 Å². The maximum atomic E-state index is 12.8. The van der Waals surface area contributed by atoms with Crippen LogP contribution in [0.5, 0.6) is 0 Å². The molecular weight excluding hydrogens is 342 g/mol. The van der Waals surface area contributed by atoms with Crippen molar-refractivity contribution in [2.45, 2.75) is 51.6 Å². The number of rotatable bonds is 3. The maximum absolute atomic E-state index is 12.8. The summed E-state index contributed by atoms with van der Waals surface area (Å²) in [5.74, 6) is -0.177. The number of sulfone groups is 1. The van der Waals surface area contributed by atoms with Crippen LogP contribution < -0.4 is 5.32 Å². The molecule has 1 N–H and O–H groups in total. The van der Waals surface area contributed by atoms with E-state index in [2.05, 4.69) is 24.1 Å². The molecule has 2 aliphatic rings. The van der Waals surface area contributed by atoms with E-state index in [0.717, 1.165) is 17.0 Å². The molecule has 25 heavy (non-hydrogen) atoms. The molecule has 0 aliphatic carbocycles. The molecule has 3 amide bonds. The summed E-state index contributed by atoms with van der Waals surface area (Å²) >= 11 is 0. The van der Waals surface area contributed by atoms with Crippen molar-refractivity contribution in [2.75, 3.05) is 11.5 Å². The number of pyridine rings is 1. The van der Waals surface area contributed by atoms with Gasteiger partial charge in [0, 0.05) is 11.4 Å². The highest BCUT2D eigenvalue weighted by atomic mass is 32.2. The van der Waals surface area contributed by atoms with Crippen molar-refractivity contribution in [1.82, 2.24) is 15.2 Å². The largest absolute Gasteiger partial charge is 0.325 e. The highest BCUT2D eigenvalue weighted by Crippen LogP contribution is 2.31. The van der Waals surface area contributed by atoms with Gasteiger partial charge < -0.3 is 5.32 Å². The molecule has 2 fully saturated rings. The lowest BCUT2D eigenvalue weighted by molar-refractivity contribution is -0.132. The van der Waals surface area contributed by atoms with Crippen LogP contribution in [-0.2, 0) is 21.2 Å². The number of imide groups is 1. The number of urea groups is 1. The SMILES string of the molecule is Cc1nc(C(C)C)ccc1CN1C(=O)NC2(CCS(=O)(=O)CC2)C1=O. The molecule has 2 saturated heterocycles. The van der Waals surface area contributed by atoms with E-state index in [0.29, 0.717) is 5.92 Å². The van der Waals surface area contributed by atoms with Crippen molar-refractivity contribution in [2.24, 2.45) is 0 Å². The second-order valence-electron chi connectivity index (χ2n) is 7.19. The summed E-state index contributed by atoms with van der Waals surface area (Å²) in [5.41, 5.74) is 1.50. The quantitative estimate of drug-likeness (QED) is 0.819. The van der Waals surface area contributed by atoms with E-state index in [1.165, 1.54) is 4.90 Å². The van der Waals surface area contributed by atoms with E-state index in [1.54, 1.807) is 0 Å². The first-order valence-corrected chi connectivity index (χ1v) is 10.3. The smallest absolute Gasteiger partial charge is 0.323 e. The van der Waals surface area contributed by atoms with Gasteiger partial charge in [-0.3, -0.25) is 14.7 Å². The molecule has 3 rings (SSSR count). The van der Waals surface area contributed by atoms with Gasteiger partial charge in [-0.2, -0.15) is 0 Å². The lowest BCUT2D eigenvalue weighted by atomic mass is 9.92. The molecule has 1 aromatic rings. The van der Waals surface area contributed by atoms with E-state index >= 15 is 0 Å². The Kier molecular flexibility index (Phi) is 4.35. The van der Waals surface area contributed by atoms with Gasteiger partial charge in [0.25, 0.3) is 5.91 Å². The van der Waals surface area contributed by atoms with E-state index in [4.69, 9.17) is 0 Å². The molecule has 136 valence electrons. The summed E-state index contributed by atoms with van der Waals surface area (Å²) in [6.07, 6.45) is 0.278. The van der Waals surface area contributed by atoms with Crippen molar-refractivity contribution in [1.29, 1.82) is 0 Å². The summed E-state index contributed by atoms with van der Waals surface area (Å²) in [6.45, 7) is 6.12. The van der Waals surface area contributed by atoms with Gasteiger partial charge in [-0.25, -0.2) is 13.2 Å². The maximum Gasteiger partial charge on any atom is 0.325 e. The number of aryl methyl sites for hydroxylation is 1. The number of nitrogens with zero attached hydrogens (tertiary/aromatic N) is 2. The summed E-state index contributed by atoms with van der Waals surface area (Å²) in [6, 6.07) is 3.35. The molecule has 0 aromatic carbocycles. The Morgan fingerprint density at radius 2 is 1.88 bits per heavy atom. The van der Waals surface area contributed by atoms with E-state index in [-0.39, 0.29) is 36.8 Å². The van der Waals surface area contributed by atoms with Crippen LogP contribution in [0.2, 0.25) is 0 Å². The van der Waals surface area contributed by atoms with Crippen LogP contribution in [0.1, 0.15) is 49.6 Å². The number of carbonyl (C=O) groups is 2. The predicted octanol–water partition coefficient (Wildman–Crippen LogP) is 1.51. The van der Waals surface area contributed by atoms with Gasteiger partial charge in [-0.05, 0) is 37.3 Å². The van der Waals surface area contributed by atoms with Crippen LogP contribution in [0.4, 0.5) is 4.79 Å². The minimum atomic E-state index is -3.12. The third-order valence-corrected chi connectivity index (χ3v) is 6.71. The fraction of sp³-hybridized carbons (Fsp3) is 0.588. The summed E-state index contributed by atoms with van der Waals surface area (Å²) in [7, 11) is -3.12. The monoisotopic (exact) mass is 365 g/mol. The first-order chi connectivity index (χ1) is 11.6. The predicted molar refractivity (Wildman–Crippen MR) is 92.8 cm³/mol. The summed E-state index contributed by atoms with van der Waals surface area (Å²) in [4.78, 5) is 30.9. The first kappa shape index (κ1) is 17.8. The van der Waals surface area contributed by atoms with Gasteiger partial charge >= 0.3 is 6.03 Å². The second kappa shape index (κ2) is 6.09. The van der Waals surface area contributed by atoms with E-state index < -0.39 is 21.4 Å². The number of hydrogen-bond acceptors (Lipinski definition) is 5. The Morgan fingerprint density at radius 1 is 1.24 bits per heavy atom. The first-order valence-electron chi connectivity index (χ1n) is 8.44. The molecule has 2 aliphatic heterocycles. The normalized spacial score (nSPS) is 21.8. The Bertz CT molecular complexity index is 818. The van der Waals surface area contributed by atoms with Gasteiger partial charge in [-0.15, -0.1) is 0 Å². The number of hydrogen-bond donors (Lipinski definition) is 1. The molecule has 0 saturated carbocycles. The van der Waals surface area contributed by atoms with E-state index in [1.807, 2.05) is 19.1 Å². The zero-order valence-electron chi connectivity index (χ0n) is 14.7. The number of aromatic nitrogens is 1. The Labute approximate surface area is 147 Å². The van der Waals surface area contributed by atoms with Crippen LogP contribution in [0.15, 0.2) is 12.1 Å². The highest BCUT2D eigenvalue weighted by Gasteiger charge is 2.53. The van der Waals surface area contributed by atoms with Crippen LogP contribution in [0.3, 0.4) is 0 Å². The lowest BCUT2D eigenvalue weighted by Gasteiger charge is -2.30. The average molecular weight is 365 g/mol. The third-order valence-electron chi connectivity index (χ3n) is 5.06. The van der Waals surface area contributed by atoms with Crippen molar-refractivity contribution in [3.63, 3.8) is 0 Å². The number of nitrogens with one attached hydrogen (secondary N) is 1. The Hall–Kier alpha value is -1.96. The average Bonchev–Trinajstić information content (AvgIpc) is 2.76. The molecule has 7 nitrogen and oxygen atoms in total. The minimum absolute atomic E-state index is 0.0729. The molecule has 1 spiro atoms. The fourth-order valence-electron chi connectivity index (χ4n) is 3.31. The third kappa shape index (κ3) is 3.27. The summed E-state index contributed by atoms with van der Waals surface area (Å²) in [5, 5.41) is 2.73. The van der Waals surface area contributed by atoms with Gasteiger partial charge in [0.05, 0.1) is 18.1 Å². The number of carbonyl (C=O) groups excluding carboxylic acids is 2. The van der Waals surface area contributed by atoms with Crippen molar-refractivity contribution < 1.29 is 18.0 Å².